The van der Waals surface area contributed by atoms with Gasteiger partial charge in [-0.2, -0.15) is 5.26 Å². The van der Waals surface area contributed by atoms with Gasteiger partial charge in [0.05, 0.1) is 29.2 Å². The number of fused-ring (bicyclic) bond motifs is 1. The molecule has 0 radical (unpaired) electrons. The Hall–Kier alpha value is -5.03. The maximum absolute atomic E-state index is 10.1. The Morgan fingerprint density at radius 3 is 2.43 bits per heavy atom. The van der Waals surface area contributed by atoms with Gasteiger partial charge in [0.25, 0.3) is 0 Å². The monoisotopic (exact) mass is 558 g/mol. The van der Waals surface area contributed by atoms with Crippen LogP contribution in [-0.4, -0.2) is 39.5 Å². The first-order chi connectivity index (χ1) is 20.3. The summed E-state index contributed by atoms with van der Waals surface area (Å²) < 4.78 is 0. The predicted molar refractivity (Wildman–Crippen MR) is 173 cm³/mol. The summed E-state index contributed by atoms with van der Waals surface area (Å²) in [4.78, 5) is 22.9. The minimum absolute atomic E-state index is 0.169. The van der Waals surface area contributed by atoms with Crippen molar-refractivity contribution in [2.24, 2.45) is 15.7 Å². The number of hydrogen-bond donors (Lipinski definition) is 1. The molecular weight excluding hydrogens is 520 g/mol. The molecule has 0 atom stereocenters. The molecule has 3 aromatic rings. The smallest absolute Gasteiger partial charge is 0.133 e. The SMILES string of the molecule is C=C(N)N=C(C)/C(C#N)=C(\C)N(CCC)CC1=Nc2cccc(-c3cnc(C)nc3)c2/C(=C\CC)N1c1ccccc1. The van der Waals surface area contributed by atoms with E-state index < -0.39 is 0 Å². The number of aryl methyl sites for hydroxylation is 1. The first kappa shape index (κ1) is 29.9. The molecule has 0 amide bonds. The quantitative estimate of drug-likeness (QED) is 0.209. The van der Waals surface area contributed by atoms with Gasteiger partial charge in [-0.3, -0.25) is 4.90 Å². The van der Waals surface area contributed by atoms with E-state index in [1.54, 1.807) is 6.92 Å². The van der Waals surface area contributed by atoms with Crippen molar-refractivity contribution >= 4 is 28.6 Å². The number of aliphatic imine (C=N–C) groups is 2. The van der Waals surface area contributed by atoms with Crippen LogP contribution in [0.4, 0.5) is 11.4 Å². The van der Waals surface area contributed by atoms with Gasteiger partial charge in [-0.25, -0.2) is 20.0 Å². The van der Waals surface area contributed by atoms with Gasteiger partial charge < -0.3 is 10.6 Å². The van der Waals surface area contributed by atoms with Crippen molar-refractivity contribution in [1.82, 2.24) is 14.9 Å². The number of aromatic nitrogens is 2. The fourth-order valence-corrected chi connectivity index (χ4v) is 5.13. The van der Waals surface area contributed by atoms with Gasteiger partial charge in [0.2, 0.25) is 0 Å². The summed E-state index contributed by atoms with van der Waals surface area (Å²) in [5.74, 6) is 1.75. The van der Waals surface area contributed by atoms with E-state index in [2.05, 4.69) is 81.6 Å². The first-order valence-electron chi connectivity index (χ1n) is 14.2. The molecule has 0 aliphatic carbocycles. The van der Waals surface area contributed by atoms with Gasteiger partial charge in [-0.1, -0.05) is 56.8 Å². The van der Waals surface area contributed by atoms with E-state index in [0.29, 0.717) is 17.8 Å². The maximum Gasteiger partial charge on any atom is 0.133 e. The molecule has 2 aromatic carbocycles. The largest absolute Gasteiger partial charge is 0.384 e. The molecule has 1 aromatic heterocycles. The summed E-state index contributed by atoms with van der Waals surface area (Å²) in [6, 6.07) is 18.8. The fraction of sp³-hybridized carbons (Fsp3) is 0.265. The third-order valence-corrected chi connectivity index (χ3v) is 7.00. The Labute approximate surface area is 249 Å². The van der Waals surface area contributed by atoms with Crippen molar-refractivity contribution in [1.29, 1.82) is 5.26 Å². The van der Waals surface area contributed by atoms with Gasteiger partial charge in [-0.05, 0) is 57.4 Å². The average molecular weight is 559 g/mol. The normalized spacial score (nSPS) is 14.6. The number of allylic oxidation sites excluding steroid dienone is 3. The van der Waals surface area contributed by atoms with E-state index in [4.69, 9.17) is 10.7 Å². The molecule has 2 N–H and O–H groups in total. The number of rotatable bonds is 10. The van der Waals surface area contributed by atoms with E-state index in [9.17, 15) is 5.26 Å². The number of nitrogens with two attached hydrogens (primary N) is 1. The van der Waals surface area contributed by atoms with Crippen LogP contribution in [-0.2, 0) is 0 Å². The molecule has 0 fully saturated rings. The molecule has 0 saturated carbocycles. The van der Waals surface area contributed by atoms with Gasteiger partial charge in [0.1, 0.15) is 23.6 Å². The number of nitriles is 1. The highest BCUT2D eigenvalue weighted by molar-refractivity contribution is 6.16. The minimum atomic E-state index is 0.169. The Balaban J connectivity index is 1.94. The molecule has 0 spiro atoms. The number of nitrogens with zero attached hydrogens (tertiary/aromatic N) is 7. The Morgan fingerprint density at radius 2 is 1.81 bits per heavy atom. The Bertz CT molecular complexity index is 1610. The number of para-hydroxylation sites is 1. The fourth-order valence-electron chi connectivity index (χ4n) is 5.13. The minimum Gasteiger partial charge on any atom is -0.384 e. The molecule has 8 heteroatoms. The highest BCUT2D eigenvalue weighted by atomic mass is 15.3. The summed E-state index contributed by atoms with van der Waals surface area (Å²) >= 11 is 0. The standard InChI is InChI=1S/C34H38N8/c1-7-13-32-34-29(27-20-37-26(6)38-21-27)16-12-17-31(34)40-33(42(32)28-14-10-9-11-15-28)22-41(18-8-2)24(4)30(19-35)23(3)39-25(5)36/h9-17,20-21H,5,7-8,18,22,36H2,1-4,6H3/b30-24+,32-13+,39-23?. The van der Waals surface area contributed by atoms with E-state index in [1.165, 1.54) is 0 Å². The van der Waals surface area contributed by atoms with Crippen LogP contribution in [0.2, 0.25) is 0 Å². The topological polar surface area (TPSA) is 107 Å². The molecule has 1 aliphatic heterocycles. The number of amidine groups is 1. The molecule has 0 saturated heterocycles. The van der Waals surface area contributed by atoms with Crippen LogP contribution in [0.1, 0.15) is 51.9 Å². The zero-order valence-corrected chi connectivity index (χ0v) is 25.1. The van der Waals surface area contributed by atoms with Crippen LogP contribution in [0.25, 0.3) is 16.8 Å². The van der Waals surface area contributed by atoms with E-state index >= 15 is 0 Å². The van der Waals surface area contributed by atoms with Gasteiger partial charge in [0, 0.05) is 41.4 Å². The van der Waals surface area contributed by atoms with Gasteiger partial charge in [-0.15, -0.1) is 0 Å². The summed E-state index contributed by atoms with van der Waals surface area (Å²) in [5, 5.41) is 10.1. The second-order valence-electron chi connectivity index (χ2n) is 10.1. The molecular formula is C34H38N8. The zero-order valence-electron chi connectivity index (χ0n) is 25.1. The lowest BCUT2D eigenvalue weighted by molar-refractivity contribution is 0.388. The predicted octanol–water partition coefficient (Wildman–Crippen LogP) is 7.15. The number of anilines is 1. The van der Waals surface area contributed by atoms with Crippen LogP contribution in [0.3, 0.4) is 0 Å². The molecule has 8 nitrogen and oxygen atoms in total. The van der Waals surface area contributed by atoms with Crippen molar-refractivity contribution in [3.05, 3.63) is 102 Å². The van der Waals surface area contributed by atoms with Crippen molar-refractivity contribution in [3.63, 3.8) is 0 Å². The van der Waals surface area contributed by atoms with Crippen LogP contribution >= 0.6 is 0 Å². The molecule has 214 valence electrons. The van der Waals surface area contributed by atoms with Crippen molar-refractivity contribution in [2.75, 3.05) is 18.0 Å². The van der Waals surface area contributed by atoms with Gasteiger partial charge in [0.15, 0.2) is 0 Å². The van der Waals surface area contributed by atoms with Crippen molar-refractivity contribution < 1.29 is 0 Å². The van der Waals surface area contributed by atoms with Crippen molar-refractivity contribution in [2.45, 2.75) is 47.5 Å². The third kappa shape index (κ3) is 6.47. The van der Waals surface area contributed by atoms with E-state index in [-0.39, 0.29) is 5.82 Å². The maximum atomic E-state index is 10.1. The van der Waals surface area contributed by atoms with Gasteiger partial charge >= 0.3 is 0 Å². The van der Waals surface area contributed by atoms with E-state index in [0.717, 1.165) is 70.5 Å². The zero-order chi connectivity index (χ0) is 30.2. The lowest BCUT2D eigenvalue weighted by Gasteiger charge is -2.37. The van der Waals surface area contributed by atoms with Crippen LogP contribution in [0.15, 0.2) is 101 Å². The highest BCUT2D eigenvalue weighted by Crippen LogP contribution is 2.43. The summed E-state index contributed by atoms with van der Waals surface area (Å²) in [7, 11) is 0. The lowest BCUT2D eigenvalue weighted by Crippen LogP contribution is -2.41. The Kier molecular flexibility index (Phi) is 9.66. The number of hydrogen-bond acceptors (Lipinski definition) is 8. The van der Waals surface area contributed by atoms with Crippen LogP contribution < -0.4 is 10.6 Å². The third-order valence-electron chi connectivity index (χ3n) is 7.00. The highest BCUT2D eigenvalue weighted by Gasteiger charge is 2.30. The molecule has 1 aliphatic rings. The van der Waals surface area contributed by atoms with Crippen LogP contribution in [0, 0.1) is 18.3 Å². The van der Waals surface area contributed by atoms with E-state index in [1.807, 2.05) is 50.5 Å². The molecule has 4 rings (SSSR count). The molecule has 0 bridgehead atoms. The second-order valence-corrected chi connectivity index (χ2v) is 10.1. The summed E-state index contributed by atoms with van der Waals surface area (Å²) in [5.41, 5.74) is 13.5. The number of benzene rings is 2. The molecule has 42 heavy (non-hydrogen) atoms. The van der Waals surface area contributed by atoms with Crippen LogP contribution in [0.5, 0.6) is 0 Å². The average Bonchev–Trinajstić information content (AvgIpc) is 2.97. The molecule has 0 unspecified atom stereocenters. The second kappa shape index (κ2) is 13.6. The lowest BCUT2D eigenvalue weighted by atomic mass is 9.94. The molecule has 2 heterocycles. The first-order valence-corrected chi connectivity index (χ1v) is 14.2. The van der Waals surface area contributed by atoms with Crippen molar-refractivity contribution in [3.8, 4) is 17.2 Å². The summed E-state index contributed by atoms with van der Waals surface area (Å²) in [6.45, 7) is 14.8. The summed E-state index contributed by atoms with van der Waals surface area (Å²) in [6.07, 6.45) is 7.71. The Morgan fingerprint density at radius 1 is 1.10 bits per heavy atom.